The number of para-hydroxylation sites is 1. The molecule has 10 heteroatoms. The molecule has 3 rings (SSSR count). The summed E-state index contributed by atoms with van der Waals surface area (Å²) in [5.41, 5.74) is 1.45. The predicted molar refractivity (Wildman–Crippen MR) is 112 cm³/mol. The molecule has 0 unspecified atom stereocenters. The van der Waals surface area contributed by atoms with E-state index in [2.05, 4.69) is 10.6 Å². The van der Waals surface area contributed by atoms with Crippen LogP contribution >= 0.6 is 0 Å². The lowest BCUT2D eigenvalue weighted by atomic mass is 10.1. The number of aryl methyl sites for hydroxylation is 1. The van der Waals surface area contributed by atoms with Crippen molar-refractivity contribution in [3.8, 4) is 5.75 Å². The van der Waals surface area contributed by atoms with Crippen molar-refractivity contribution in [2.75, 3.05) is 19.0 Å². The Morgan fingerprint density at radius 3 is 2.68 bits per heavy atom. The topological polar surface area (TPSA) is 131 Å². The van der Waals surface area contributed by atoms with E-state index in [1.807, 2.05) is 19.1 Å². The smallest absolute Gasteiger partial charge is 0.329 e. The molecule has 0 atom stereocenters. The summed E-state index contributed by atoms with van der Waals surface area (Å²) in [6.07, 6.45) is 1.98. The number of rotatable bonds is 7. The summed E-state index contributed by atoms with van der Waals surface area (Å²) < 4.78 is 5.16. The number of hydrogen-bond acceptors (Lipinski definition) is 6. The molecule has 0 aromatic heterocycles. The number of nitrogens with zero attached hydrogens (tertiary/aromatic N) is 2. The maximum absolute atomic E-state index is 12.7. The first-order valence-corrected chi connectivity index (χ1v) is 9.38. The molecule has 0 saturated carbocycles. The third kappa shape index (κ3) is 4.69. The number of urea groups is 1. The Kier molecular flexibility index (Phi) is 6.29. The van der Waals surface area contributed by atoms with Gasteiger partial charge in [0.25, 0.3) is 11.6 Å². The van der Waals surface area contributed by atoms with Gasteiger partial charge < -0.3 is 15.4 Å². The van der Waals surface area contributed by atoms with E-state index < -0.39 is 29.3 Å². The van der Waals surface area contributed by atoms with Crippen LogP contribution in [0.2, 0.25) is 0 Å². The van der Waals surface area contributed by atoms with Crippen LogP contribution in [0.3, 0.4) is 0 Å². The standard InChI is InChI=1S/C21H20N4O6/c1-3-13-6-4-5-7-16(13)22-19(26)12-24-20(27)17(23-21(24)28)11-14-10-15(25(29)30)8-9-18(14)31-2/h4-11H,3,12H2,1-2H3,(H,22,26)(H,23,28)/b17-11+. The van der Waals surface area contributed by atoms with E-state index in [4.69, 9.17) is 4.74 Å². The van der Waals surface area contributed by atoms with Gasteiger partial charge >= 0.3 is 6.03 Å². The van der Waals surface area contributed by atoms with Gasteiger partial charge in [0, 0.05) is 23.4 Å². The fourth-order valence-electron chi connectivity index (χ4n) is 3.10. The molecule has 1 aliphatic rings. The highest BCUT2D eigenvalue weighted by molar-refractivity contribution is 6.16. The minimum Gasteiger partial charge on any atom is -0.496 e. The number of amides is 4. The number of carbonyl (C=O) groups excluding carboxylic acids is 3. The number of nitro groups is 1. The van der Waals surface area contributed by atoms with Crippen LogP contribution in [-0.2, 0) is 16.0 Å². The number of anilines is 1. The highest BCUT2D eigenvalue weighted by atomic mass is 16.6. The zero-order valence-corrected chi connectivity index (χ0v) is 16.9. The van der Waals surface area contributed by atoms with Gasteiger partial charge in [-0.3, -0.25) is 19.7 Å². The van der Waals surface area contributed by atoms with Gasteiger partial charge in [0.1, 0.15) is 18.0 Å². The molecule has 0 bridgehead atoms. The summed E-state index contributed by atoms with van der Waals surface area (Å²) in [7, 11) is 1.38. The molecule has 10 nitrogen and oxygen atoms in total. The lowest BCUT2D eigenvalue weighted by Crippen LogP contribution is -2.38. The van der Waals surface area contributed by atoms with Crippen molar-refractivity contribution in [3.63, 3.8) is 0 Å². The number of carbonyl (C=O) groups is 3. The normalized spacial score (nSPS) is 14.5. The molecule has 1 aliphatic heterocycles. The molecule has 2 N–H and O–H groups in total. The van der Waals surface area contributed by atoms with Crippen LogP contribution in [0.5, 0.6) is 5.75 Å². The molecule has 0 spiro atoms. The van der Waals surface area contributed by atoms with E-state index in [9.17, 15) is 24.5 Å². The van der Waals surface area contributed by atoms with Crippen LogP contribution in [-0.4, -0.2) is 41.3 Å². The molecule has 4 amide bonds. The van der Waals surface area contributed by atoms with Crippen LogP contribution in [0, 0.1) is 10.1 Å². The number of nitro benzene ring substituents is 1. The van der Waals surface area contributed by atoms with Gasteiger partial charge in [-0.05, 0) is 30.2 Å². The van der Waals surface area contributed by atoms with Crippen LogP contribution in [0.15, 0.2) is 48.2 Å². The third-order valence-corrected chi connectivity index (χ3v) is 4.66. The van der Waals surface area contributed by atoms with Crippen LogP contribution < -0.4 is 15.4 Å². The minimum atomic E-state index is -0.764. The van der Waals surface area contributed by atoms with Crippen molar-refractivity contribution >= 4 is 35.3 Å². The Labute approximate surface area is 177 Å². The van der Waals surface area contributed by atoms with Crippen molar-refractivity contribution in [1.29, 1.82) is 0 Å². The quantitative estimate of drug-likeness (QED) is 0.304. The van der Waals surface area contributed by atoms with Crippen molar-refractivity contribution in [2.24, 2.45) is 0 Å². The second kappa shape index (κ2) is 9.08. The molecule has 2 aromatic carbocycles. The Bertz CT molecular complexity index is 1100. The number of nitrogens with one attached hydrogen (secondary N) is 2. The van der Waals surface area contributed by atoms with E-state index in [0.29, 0.717) is 12.1 Å². The number of hydrogen-bond donors (Lipinski definition) is 2. The molecule has 0 aliphatic carbocycles. The van der Waals surface area contributed by atoms with Crippen molar-refractivity contribution in [1.82, 2.24) is 10.2 Å². The van der Waals surface area contributed by atoms with E-state index in [0.717, 1.165) is 10.5 Å². The fourth-order valence-corrected chi connectivity index (χ4v) is 3.10. The van der Waals surface area contributed by atoms with Gasteiger partial charge in [0.05, 0.1) is 12.0 Å². The highest BCUT2D eigenvalue weighted by Crippen LogP contribution is 2.27. The van der Waals surface area contributed by atoms with Crippen molar-refractivity contribution < 1.29 is 24.0 Å². The summed E-state index contributed by atoms with van der Waals surface area (Å²) in [5.74, 6) is -0.969. The van der Waals surface area contributed by atoms with Crippen molar-refractivity contribution in [2.45, 2.75) is 13.3 Å². The van der Waals surface area contributed by atoms with E-state index in [1.165, 1.54) is 31.4 Å². The van der Waals surface area contributed by atoms with Crippen molar-refractivity contribution in [3.05, 3.63) is 69.4 Å². The Morgan fingerprint density at radius 2 is 2.00 bits per heavy atom. The van der Waals surface area contributed by atoms with Gasteiger partial charge in [-0.15, -0.1) is 0 Å². The molecular formula is C21H20N4O6. The number of imide groups is 1. The molecule has 1 saturated heterocycles. The lowest BCUT2D eigenvalue weighted by Gasteiger charge is -2.13. The van der Waals surface area contributed by atoms with Crippen LogP contribution in [0.1, 0.15) is 18.1 Å². The monoisotopic (exact) mass is 424 g/mol. The maximum atomic E-state index is 12.7. The first kappa shape index (κ1) is 21.5. The second-order valence-corrected chi connectivity index (χ2v) is 6.62. The van der Waals surface area contributed by atoms with Gasteiger partial charge in [-0.2, -0.15) is 0 Å². The first-order valence-electron chi connectivity index (χ1n) is 9.38. The average molecular weight is 424 g/mol. The summed E-state index contributed by atoms with van der Waals surface area (Å²) in [6, 6.07) is 10.4. The van der Waals surface area contributed by atoms with E-state index >= 15 is 0 Å². The summed E-state index contributed by atoms with van der Waals surface area (Å²) >= 11 is 0. The first-order chi connectivity index (χ1) is 14.8. The second-order valence-electron chi connectivity index (χ2n) is 6.62. The molecule has 0 radical (unpaired) electrons. The zero-order chi connectivity index (χ0) is 22.5. The molecule has 31 heavy (non-hydrogen) atoms. The lowest BCUT2D eigenvalue weighted by molar-refractivity contribution is -0.384. The molecule has 1 fully saturated rings. The number of benzene rings is 2. The fraction of sp³-hybridized carbons (Fsp3) is 0.190. The Balaban J connectivity index is 1.79. The number of ether oxygens (including phenoxy) is 1. The molecule has 1 heterocycles. The summed E-state index contributed by atoms with van der Waals surface area (Å²) in [6.45, 7) is 1.47. The molecular weight excluding hydrogens is 404 g/mol. The van der Waals surface area contributed by atoms with Gasteiger partial charge in [0.15, 0.2) is 0 Å². The van der Waals surface area contributed by atoms with Crippen LogP contribution in [0.4, 0.5) is 16.2 Å². The number of methoxy groups -OCH3 is 1. The Morgan fingerprint density at radius 1 is 1.26 bits per heavy atom. The van der Waals surface area contributed by atoms with E-state index in [1.54, 1.807) is 12.1 Å². The number of non-ortho nitro benzene ring substituents is 1. The molecule has 2 aromatic rings. The van der Waals surface area contributed by atoms with E-state index in [-0.39, 0.29) is 22.7 Å². The maximum Gasteiger partial charge on any atom is 0.329 e. The van der Waals surface area contributed by atoms with Gasteiger partial charge in [-0.1, -0.05) is 25.1 Å². The highest BCUT2D eigenvalue weighted by Gasteiger charge is 2.35. The van der Waals surface area contributed by atoms with Gasteiger partial charge in [-0.25, -0.2) is 9.69 Å². The van der Waals surface area contributed by atoms with Gasteiger partial charge in [0.2, 0.25) is 5.91 Å². The average Bonchev–Trinajstić information content (AvgIpc) is 3.01. The van der Waals surface area contributed by atoms with Crippen LogP contribution in [0.25, 0.3) is 6.08 Å². The summed E-state index contributed by atoms with van der Waals surface area (Å²) in [4.78, 5) is 48.6. The Hall–Kier alpha value is -4.21. The predicted octanol–water partition coefficient (Wildman–Crippen LogP) is 2.70. The summed E-state index contributed by atoms with van der Waals surface area (Å²) in [5, 5.41) is 16.1. The zero-order valence-electron chi connectivity index (χ0n) is 16.9. The molecule has 160 valence electrons. The minimum absolute atomic E-state index is 0.120. The largest absolute Gasteiger partial charge is 0.496 e. The SMILES string of the molecule is CCc1ccccc1NC(=O)CN1C(=O)N/C(=C/c2cc([N+](=O)[O-])ccc2OC)C1=O. The third-order valence-electron chi connectivity index (χ3n) is 4.66.